The van der Waals surface area contributed by atoms with Crippen LogP contribution in [0.4, 0.5) is 14.5 Å². The fourth-order valence-electron chi connectivity index (χ4n) is 5.07. The smallest absolute Gasteiger partial charge is 0.310 e. The van der Waals surface area contributed by atoms with Gasteiger partial charge in [-0.2, -0.15) is 0 Å². The third-order valence-electron chi connectivity index (χ3n) is 7.41. The molecule has 0 aliphatic carbocycles. The Morgan fingerprint density at radius 3 is 2.38 bits per heavy atom. The zero-order valence-electron chi connectivity index (χ0n) is 23.9. The number of halogens is 2. The van der Waals surface area contributed by atoms with Crippen LogP contribution >= 0.6 is 0 Å². The first-order valence-corrected chi connectivity index (χ1v) is 13.8. The van der Waals surface area contributed by atoms with Crippen molar-refractivity contribution in [2.45, 2.75) is 66.4 Å². The van der Waals surface area contributed by atoms with Crippen molar-refractivity contribution in [3.8, 4) is 16.9 Å². The molecule has 0 saturated carbocycles. The molecule has 2 heterocycles. The maximum absolute atomic E-state index is 15.3. The van der Waals surface area contributed by atoms with E-state index in [2.05, 4.69) is 23.7 Å². The van der Waals surface area contributed by atoms with Gasteiger partial charge in [-0.1, -0.05) is 32.0 Å². The fraction of sp³-hybridized carbons (Fsp3) is 0.438. The number of benzene rings is 2. The third-order valence-corrected chi connectivity index (χ3v) is 7.41. The summed E-state index contributed by atoms with van der Waals surface area (Å²) in [6.07, 6.45) is 2.06. The van der Waals surface area contributed by atoms with Gasteiger partial charge in [-0.05, 0) is 74.4 Å². The number of hydrogen-bond acceptors (Lipinski definition) is 5. The van der Waals surface area contributed by atoms with E-state index >= 15 is 4.39 Å². The average molecular weight is 553 g/mol. The van der Waals surface area contributed by atoms with Gasteiger partial charge < -0.3 is 19.4 Å². The molecule has 2 aromatic carbocycles. The highest BCUT2D eigenvalue weighted by molar-refractivity contribution is 5.85. The molecule has 1 aliphatic heterocycles. The number of aryl methyl sites for hydroxylation is 1. The number of esters is 1. The molecule has 40 heavy (non-hydrogen) atoms. The predicted molar refractivity (Wildman–Crippen MR) is 153 cm³/mol. The minimum absolute atomic E-state index is 0.00389. The summed E-state index contributed by atoms with van der Waals surface area (Å²) in [6.45, 7) is 11.4. The molecule has 3 aromatic rings. The van der Waals surface area contributed by atoms with E-state index in [4.69, 9.17) is 9.47 Å². The van der Waals surface area contributed by atoms with E-state index in [0.29, 0.717) is 47.6 Å². The van der Waals surface area contributed by atoms with Gasteiger partial charge in [0.25, 0.3) is 5.56 Å². The summed E-state index contributed by atoms with van der Waals surface area (Å²) < 4.78 is 39.5. The Balaban J connectivity index is 1.68. The van der Waals surface area contributed by atoms with Crippen LogP contribution in [-0.2, 0) is 22.4 Å². The van der Waals surface area contributed by atoms with Gasteiger partial charge in [0.1, 0.15) is 5.82 Å². The number of ether oxygens (including phenoxy) is 2. The molecule has 0 bridgehead atoms. The highest BCUT2D eigenvalue weighted by Gasteiger charge is 2.31. The number of carbonyl (C=O) groups is 1. The summed E-state index contributed by atoms with van der Waals surface area (Å²) in [6, 6.07) is 10.6. The molecule has 1 saturated heterocycles. The van der Waals surface area contributed by atoms with Crippen molar-refractivity contribution in [2.24, 2.45) is 5.41 Å². The molecule has 0 amide bonds. The maximum atomic E-state index is 15.3. The number of nitrogens with zero attached hydrogens (tertiary/aromatic N) is 1. The molecule has 0 atom stereocenters. The summed E-state index contributed by atoms with van der Waals surface area (Å²) in [5.41, 5.74) is 3.36. The Kier molecular flexibility index (Phi) is 8.96. The molecule has 6 nitrogen and oxygen atoms in total. The summed E-state index contributed by atoms with van der Waals surface area (Å²) in [4.78, 5) is 31.2. The number of nitrogens with one attached hydrogen (secondary N) is 1. The minimum Gasteiger partial charge on any atom is -0.490 e. The second-order valence-electron chi connectivity index (χ2n) is 11.5. The molecule has 1 aromatic heterocycles. The monoisotopic (exact) mass is 552 g/mol. The van der Waals surface area contributed by atoms with Crippen molar-refractivity contribution in [1.82, 2.24) is 4.98 Å². The van der Waals surface area contributed by atoms with E-state index in [-0.39, 0.29) is 47.6 Å². The number of aromatic amines is 1. The summed E-state index contributed by atoms with van der Waals surface area (Å²) in [5, 5.41) is 0. The van der Waals surface area contributed by atoms with Crippen LogP contribution in [0.15, 0.2) is 47.3 Å². The van der Waals surface area contributed by atoms with Crippen molar-refractivity contribution in [2.75, 3.05) is 24.6 Å². The Morgan fingerprint density at radius 2 is 1.75 bits per heavy atom. The molecular weight excluding hydrogens is 514 g/mol. The number of anilines is 1. The number of hydrogen-bond donors (Lipinski definition) is 1. The molecule has 0 radical (unpaired) electrons. The van der Waals surface area contributed by atoms with Crippen molar-refractivity contribution in [1.29, 1.82) is 0 Å². The molecule has 0 unspecified atom stereocenters. The van der Waals surface area contributed by atoms with Crippen molar-refractivity contribution in [3.05, 3.63) is 81.3 Å². The Morgan fingerprint density at radius 1 is 1.07 bits per heavy atom. The van der Waals surface area contributed by atoms with Gasteiger partial charge in [0.15, 0.2) is 11.6 Å². The van der Waals surface area contributed by atoms with E-state index in [1.165, 1.54) is 24.3 Å². The molecule has 214 valence electrons. The molecule has 1 N–H and O–H groups in total. The van der Waals surface area contributed by atoms with Gasteiger partial charge in [0, 0.05) is 30.8 Å². The standard InChI is InChI=1S/C32H38F2N2O4/c1-20(2)40-28(37)19-25-21(3)35-31(38)29(30(25)36-15-13-32(4,5)14-16-36)23-8-11-27(26(34)18-23)39-17-12-22-6-9-24(33)10-7-22/h6-11,18,20H,12-17,19H2,1-5H3,(H,35,38). The highest BCUT2D eigenvalue weighted by Crippen LogP contribution is 2.39. The van der Waals surface area contributed by atoms with Crippen molar-refractivity contribution >= 4 is 11.7 Å². The minimum atomic E-state index is -0.594. The lowest BCUT2D eigenvalue weighted by molar-refractivity contribution is -0.146. The van der Waals surface area contributed by atoms with Crippen LogP contribution in [0.3, 0.4) is 0 Å². The lowest BCUT2D eigenvalue weighted by Gasteiger charge is -2.40. The number of piperidine rings is 1. The SMILES string of the molecule is Cc1[nH]c(=O)c(-c2ccc(OCCc3ccc(F)cc3)c(F)c2)c(N2CCC(C)(C)CC2)c1CC(=O)OC(C)C. The van der Waals surface area contributed by atoms with E-state index < -0.39 is 5.82 Å². The van der Waals surface area contributed by atoms with Gasteiger partial charge >= 0.3 is 5.97 Å². The van der Waals surface area contributed by atoms with E-state index in [1.807, 2.05) is 0 Å². The van der Waals surface area contributed by atoms with Gasteiger partial charge in [-0.15, -0.1) is 0 Å². The Bertz CT molecular complexity index is 1400. The molecule has 0 spiro atoms. The fourth-order valence-corrected chi connectivity index (χ4v) is 5.07. The second-order valence-corrected chi connectivity index (χ2v) is 11.5. The Labute approximate surface area is 234 Å². The topological polar surface area (TPSA) is 71.6 Å². The summed E-state index contributed by atoms with van der Waals surface area (Å²) >= 11 is 0. The van der Waals surface area contributed by atoms with E-state index in [9.17, 15) is 14.0 Å². The van der Waals surface area contributed by atoms with Gasteiger partial charge in [0.05, 0.1) is 30.4 Å². The number of pyridine rings is 1. The molecule has 1 aliphatic rings. The lowest BCUT2D eigenvalue weighted by atomic mass is 9.82. The van der Waals surface area contributed by atoms with Gasteiger partial charge in [-0.25, -0.2) is 8.78 Å². The average Bonchev–Trinajstić information content (AvgIpc) is 2.87. The first kappa shape index (κ1) is 29.3. The first-order valence-electron chi connectivity index (χ1n) is 13.8. The second kappa shape index (κ2) is 12.2. The van der Waals surface area contributed by atoms with Crippen LogP contribution in [-0.4, -0.2) is 36.8 Å². The van der Waals surface area contributed by atoms with Crippen molar-refractivity contribution in [3.63, 3.8) is 0 Å². The Hall–Kier alpha value is -3.68. The lowest BCUT2D eigenvalue weighted by Crippen LogP contribution is -2.39. The summed E-state index contributed by atoms with van der Waals surface area (Å²) in [7, 11) is 0. The first-order chi connectivity index (χ1) is 18.9. The third kappa shape index (κ3) is 7.09. The number of H-pyrrole nitrogens is 1. The molecule has 8 heteroatoms. The number of aromatic nitrogens is 1. The predicted octanol–water partition coefficient (Wildman–Crippen LogP) is 6.37. The summed E-state index contributed by atoms with van der Waals surface area (Å²) in [5.74, 6) is -1.23. The van der Waals surface area contributed by atoms with Crippen LogP contribution in [0.25, 0.3) is 11.1 Å². The van der Waals surface area contributed by atoms with Crippen molar-refractivity contribution < 1.29 is 23.0 Å². The van der Waals surface area contributed by atoms with Gasteiger partial charge in [0.2, 0.25) is 0 Å². The largest absolute Gasteiger partial charge is 0.490 e. The van der Waals surface area contributed by atoms with Crippen LogP contribution in [0.1, 0.15) is 57.4 Å². The highest BCUT2D eigenvalue weighted by atomic mass is 19.1. The van der Waals surface area contributed by atoms with Crippen LogP contribution in [0.2, 0.25) is 0 Å². The zero-order valence-corrected chi connectivity index (χ0v) is 23.9. The number of rotatable bonds is 9. The quantitative estimate of drug-likeness (QED) is 0.312. The molecule has 4 rings (SSSR count). The molecular formula is C32H38F2N2O4. The zero-order chi connectivity index (χ0) is 29.0. The maximum Gasteiger partial charge on any atom is 0.310 e. The molecule has 1 fully saturated rings. The van der Waals surface area contributed by atoms with Crippen LogP contribution in [0, 0.1) is 24.0 Å². The van der Waals surface area contributed by atoms with Gasteiger partial charge in [-0.3, -0.25) is 9.59 Å². The van der Waals surface area contributed by atoms with E-state index in [0.717, 1.165) is 18.4 Å². The van der Waals surface area contributed by atoms with E-state index in [1.54, 1.807) is 39.0 Å². The van der Waals surface area contributed by atoms with Crippen LogP contribution < -0.4 is 15.2 Å². The van der Waals surface area contributed by atoms with Crippen LogP contribution in [0.5, 0.6) is 5.75 Å². The normalized spacial score (nSPS) is 14.8. The number of carbonyl (C=O) groups excluding carboxylic acids is 1.